The number of carbonyl (C=O) groups excluding carboxylic acids is 1. The van der Waals surface area contributed by atoms with Crippen molar-refractivity contribution in [2.75, 3.05) is 13.2 Å². The van der Waals surface area contributed by atoms with E-state index in [0.29, 0.717) is 18.9 Å². The lowest BCUT2D eigenvalue weighted by molar-refractivity contribution is -0.149. The third kappa shape index (κ3) is 3.99. The molecule has 27 heavy (non-hydrogen) atoms. The number of ether oxygens (including phenoxy) is 2. The summed E-state index contributed by atoms with van der Waals surface area (Å²) in [7, 11) is 0. The maximum Gasteiger partial charge on any atom is 0.249 e. The van der Waals surface area contributed by atoms with E-state index >= 15 is 0 Å². The number of morpholine rings is 1. The largest absolute Gasteiger partial charge is 0.457 e. The van der Waals surface area contributed by atoms with Gasteiger partial charge in [-0.1, -0.05) is 18.2 Å². The molecular weight excluding hydrogens is 362 g/mol. The van der Waals surface area contributed by atoms with Gasteiger partial charge in [-0.05, 0) is 25.1 Å². The molecule has 3 aromatic rings. The first-order valence-electron chi connectivity index (χ1n) is 8.66. The SMILES string of the molecule is Cc1nc(CN2C(=O)COCC2c2cnccc2Oc2ccccc2)cs1. The fourth-order valence-corrected chi connectivity index (χ4v) is 3.67. The van der Waals surface area contributed by atoms with Crippen LogP contribution in [0.1, 0.15) is 22.3 Å². The molecule has 1 unspecified atom stereocenters. The summed E-state index contributed by atoms with van der Waals surface area (Å²) in [5.74, 6) is 1.33. The molecular formula is C20H19N3O3S. The molecule has 1 saturated heterocycles. The molecule has 1 atom stereocenters. The average Bonchev–Trinajstić information content (AvgIpc) is 3.10. The summed E-state index contributed by atoms with van der Waals surface area (Å²) in [4.78, 5) is 23.1. The number of rotatable bonds is 5. The van der Waals surface area contributed by atoms with Gasteiger partial charge in [0.25, 0.3) is 0 Å². The summed E-state index contributed by atoms with van der Waals surface area (Å²) >= 11 is 1.58. The normalized spacial score (nSPS) is 17.1. The van der Waals surface area contributed by atoms with E-state index in [-0.39, 0.29) is 18.6 Å². The number of hydrogen-bond acceptors (Lipinski definition) is 6. The van der Waals surface area contributed by atoms with Crippen molar-refractivity contribution in [3.05, 3.63) is 70.4 Å². The monoisotopic (exact) mass is 381 g/mol. The zero-order valence-electron chi connectivity index (χ0n) is 14.9. The molecule has 4 rings (SSSR count). The summed E-state index contributed by atoms with van der Waals surface area (Å²) in [6.45, 7) is 2.87. The Balaban J connectivity index is 1.64. The van der Waals surface area contributed by atoms with Gasteiger partial charge in [0, 0.05) is 23.3 Å². The number of pyridine rings is 1. The predicted molar refractivity (Wildman–Crippen MR) is 102 cm³/mol. The van der Waals surface area contributed by atoms with Crippen molar-refractivity contribution in [2.45, 2.75) is 19.5 Å². The Morgan fingerprint density at radius 1 is 1.30 bits per heavy atom. The molecule has 0 N–H and O–H groups in total. The van der Waals surface area contributed by atoms with Crippen LogP contribution in [0, 0.1) is 6.92 Å². The number of hydrogen-bond donors (Lipinski definition) is 0. The number of nitrogens with zero attached hydrogens (tertiary/aromatic N) is 3. The zero-order chi connectivity index (χ0) is 18.6. The molecule has 6 nitrogen and oxygen atoms in total. The first-order valence-corrected chi connectivity index (χ1v) is 9.53. The molecule has 1 aliphatic heterocycles. The third-order valence-electron chi connectivity index (χ3n) is 4.34. The van der Waals surface area contributed by atoms with Gasteiger partial charge in [-0.3, -0.25) is 9.78 Å². The number of amides is 1. The van der Waals surface area contributed by atoms with E-state index in [1.165, 1.54) is 0 Å². The van der Waals surface area contributed by atoms with E-state index in [0.717, 1.165) is 22.0 Å². The van der Waals surface area contributed by atoms with E-state index in [1.54, 1.807) is 28.6 Å². The standard InChI is InChI=1S/C20H19N3O3S/c1-14-22-15(13-27-14)10-23-18(11-25-12-20(23)24)17-9-21-8-7-19(17)26-16-5-3-2-4-6-16/h2-9,13,18H,10-12H2,1H3. The van der Waals surface area contributed by atoms with Crippen molar-refractivity contribution >= 4 is 17.2 Å². The second kappa shape index (κ2) is 7.85. The van der Waals surface area contributed by atoms with Gasteiger partial charge in [0.05, 0.1) is 29.9 Å². The molecule has 0 bridgehead atoms. The van der Waals surface area contributed by atoms with E-state index in [4.69, 9.17) is 9.47 Å². The number of para-hydroxylation sites is 1. The molecule has 2 aromatic heterocycles. The third-order valence-corrected chi connectivity index (χ3v) is 5.16. The first kappa shape index (κ1) is 17.6. The van der Waals surface area contributed by atoms with Crippen LogP contribution >= 0.6 is 11.3 Å². The summed E-state index contributed by atoms with van der Waals surface area (Å²) in [6, 6.07) is 11.1. The average molecular weight is 381 g/mol. The molecule has 0 spiro atoms. The van der Waals surface area contributed by atoms with Gasteiger partial charge < -0.3 is 14.4 Å². The van der Waals surface area contributed by atoms with Crippen molar-refractivity contribution in [2.24, 2.45) is 0 Å². The Morgan fingerprint density at radius 2 is 2.15 bits per heavy atom. The number of thiazole rings is 1. The smallest absolute Gasteiger partial charge is 0.249 e. The molecule has 1 aromatic carbocycles. The molecule has 7 heteroatoms. The minimum atomic E-state index is -0.277. The second-order valence-corrected chi connectivity index (χ2v) is 7.30. The number of aromatic nitrogens is 2. The highest BCUT2D eigenvalue weighted by Gasteiger charge is 2.32. The van der Waals surface area contributed by atoms with Gasteiger partial charge in [0.1, 0.15) is 18.1 Å². The fraction of sp³-hybridized carbons (Fsp3) is 0.250. The molecule has 138 valence electrons. The Morgan fingerprint density at radius 3 is 2.93 bits per heavy atom. The van der Waals surface area contributed by atoms with Crippen molar-refractivity contribution in [1.82, 2.24) is 14.9 Å². The molecule has 1 amide bonds. The minimum absolute atomic E-state index is 0.0635. The topological polar surface area (TPSA) is 64.6 Å². The Labute approximate surface area is 161 Å². The fourth-order valence-electron chi connectivity index (χ4n) is 3.07. The van der Waals surface area contributed by atoms with Crippen molar-refractivity contribution in [1.29, 1.82) is 0 Å². The molecule has 0 radical (unpaired) electrons. The summed E-state index contributed by atoms with van der Waals surface area (Å²) in [6.07, 6.45) is 3.42. The lowest BCUT2D eigenvalue weighted by atomic mass is 10.1. The van der Waals surface area contributed by atoms with Crippen LogP contribution < -0.4 is 4.74 Å². The van der Waals surface area contributed by atoms with Crippen LogP contribution in [0.2, 0.25) is 0 Å². The Bertz CT molecular complexity index is 929. The second-order valence-electron chi connectivity index (χ2n) is 6.24. The molecule has 0 aliphatic carbocycles. The molecule has 1 aliphatic rings. The summed E-state index contributed by atoms with van der Waals surface area (Å²) in [5.41, 5.74) is 1.70. The predicted octanol–water partition coefficient (Wildman–Crippen LogP) is 3.74. The van der Waals surface area contributed by atoms with Crippen molar-refractivity contribution < 1.29 is 14.3 Å². The van der Waals surface area contributed by atoms with Crippen LogP contribution in [-0.2, 0) is 16.1 Å². The van der Waals surface area contributed by atoms with Gasteiger partial charge in [-0.15, -0.1) is 11.3 Å². The first-order chi connectivity index (χ1) is 13.2. The molecule has 3 heterocycles. The number of aryl methyl sites for hydroxylation is 1. The van der Waals surface area contributed by atoms with Crippen LogP contribution in [0.15, 0.2) is 54.2 Å². The quantitative estimate of drug-likeness (QED) is 0.674. The van der Waals surface area contributed by atoms with E-state index in [2.05, 4.69) is 9.97 Å². The van der Waals surface area contributed by atoms with Crippen LogP contribution in [0.3, 0.4) is 0 Å². The lowest BCUT2D eigenvalue weighted by Gasteiger charge is -2.35. The Kier molecular flexibility index (Phi) is 5.13. The van der Waals surface area contributed by atoms with E-state index < -0.39 is 0 Å². The minimum Gasteiger partial charge on any atom is -0.457 e. The highest BCUT2D eigenvalue weighted by Crippen LogP contribution is 2.34. The highest BCUT2D eigenvalue weighted by atomic mass is 32.1. The van der Waals surface area contributed by atoms with Crippen LogP contribution in [0.4, 0.5) is 0 Å². The van der Waals surface area contributed by atoms with Gasteiger partial charge in [0.2, 0.25) is 5.91 Å². The molecule has 1 fully saturated rings. The number of benzene rings is 1. The maximum atomic E-state index is 12.6. The van der Waals surface area contributed by atoms with E-state index in [9.17, 15) is 4.79 Å². The summed E-state index contributed by atoms with van der Waals surface area (Å²) < 4.78 is 11.6. The zero-order valence-corrected chi connectivity index (χ0v) is 15.7. The van der Waals surface area contributed by atoms with Crippen molar-refractivity contribution in [3.63, 3.8) is 0 Å². The van der Waals surface area contributed by atoms with Crippen LogP contribution in [0.5, 0.6) is 11.5 Å². The Hall–Kier alpha value is -2.77. The van der Waals surface area contributed by atoms with Gasteiger partial charge in [-0.2, -0.15) is 0 Å². The van der Waals surface area contributed by atoms with Gasteiger partial charge in [0.15, 0.2) is 0 Å². The highest BCUT2D eigenvalue weighted by molar-refractivity contribution is 7.09. The molecule has 0 saturated carbocycles. The number of carbonyl (C=O) groups is 1. The lowest BCUT2D eigenvalue weighted by Crippen LogP contribution is -2.43. The van der Waals surface area contributed by atoms with Gasteiger partial charge >= 0.3 is 0 Å². The van der Waals surface area contributed by atoms with Crippen LogP contribution in [-0.4, -0.2) is 34.0 Å². The maximum absolute atomic E-state index is 12.6. The van der Waals surface area contributed by atoms with Gasteiger partial charge in [-0.25, -0.2) is 4.98 Å². The van der Waals surface area contributed by atoms with E-state index in [1.807, 2.05) is 48.7 Å². The van der Waals surface area contributed by atoms with Crippen LogP contribution in [0.25, 0.3) is 0 Å². The summed E-state index contributed by atoms with van der Waals surface area (Å²) in [5, 5.41) is 2.97. The van der Waals surface area contributed by atoms with Crippen molar-refractivity contribution in [3.8, 4) is 11.5 Å².